The molecule has 0 bridgehead atoms. The van der Waals surface area contributed by atoms with Crippen LogP contribution < -0.4 is 10.9 Å². The van der Waals surface area contributed by atoms with Crippen LogP contribution >= 0.6 is 0 Å². The molecule has 0 spiro atoms. The molecule has 6 heteroatoms. The van der Waals surface area contributed by atoms with E-state index in [1.165, 1.54) is 16.8 Å². The smallest absolute Gasteiger partial charge is 0.271 e. The number of hydrogen-bond acceptors (Lipinski definition) is 4. The monoisotopic (exact) mass is 328 g/mol. The van der Waals surface area contributed by atoms with Gasteiger partial charge in [-0.3, -0.25) is 9.59 Å². The number of rotatable bonds is 7. The van der Waals surface area contributed by atoms with Gasteiger partial charge in [0.15, 0.2) is 0 Å². The summed E-state index contributed by atoms with van der Waals surface area (Å²) >= 11 is 0. The zero-order valence-electron chi connectivity index (χ0n) is 14.4. The Labute approximate surface area is 142 Å². The molecule has 0 radical (unpaired) electrons. The number of aryl methyl sites for hydroxylation is 1. The van der Waals surface area contributed by atoms with E-state index in [0.717, 1.165) is 12.0 Å². The maximum atomic E-state index is 12.4. The van der Waals surface area contributed by atoms with E-state index in [1.807, 2.05) is 51.4 Å². The maximum Gasteiger partial charge on any atom is 0.271 e. The summed E-state index contributed by atoms with van der Waals surface area (Å²) in [4.78, 5) is 26.1. The van der Waals surface area contributed by atoms with Crippen molar-refractivity contribution in [1.82, 2.24) is 20.0 Å². The normalized spacial score (nSPS) is 12.2. The Morgan fingerprint density at radius 1 is 1.21 bits per heavy atom. The third kappa shape index (κ3) is 4.52. The number of nitrogens with one attached hydrogen (secondary N) is 1. The van der Waals surface area contributed by atoms with E-state index in [4.69, 9.17) is 0 Å². The average molecular weight is 328 g/mol. The van der Waals surface area contributed by atoms with E-state index < -0.39 is 0 Å². The Hall–Kier alpha value is -2.47. The van der Waals surface area contributed by atoms with Crippen molar-refractivity contribution in [3.8, 4) is 0 Å². The predicted molar refractivity (Wildman–Crippen MR) is 94.0 cm³/mol. The molecule has 0 saturated heterocycles. The molecule has 0 saturated carbocycles. The predicted octanol–water partition coefficient (Wildman–Crippen LogP) is 1.69. The summed E-state index contributed by atoms with van der Waals surface area (Å²) in [6.07, 6.45) is 0.786. The van der Waals surface area contributed by atoms with Crippen LogP contribution in [0.1, 0.15) is 35.4 Å². The Balaban J connectivity index is 2.09. The first kappa shape index (κ1) is 17.9. The Morgan fingerprint density at radius 3 is 2.54 bits per heavy atom. The molecular weight excluding hydrogens is 304 g/mol. The molecule has 2 aromatic rings. The van der Waals surface area contributed by atoms with Gasteiger partial charge >= 0.3 is 0 Å². The van der Waals surface area contributed by atoms with Gasteiger partial charge in [0.25, 0.3) is 11.5 Å². The zero-order valence-corrected chi connectivity index (χ0v) is 14.4. The van der Waals surface area contributed by atoms with Crippen LogP contribution in [0.4, 0.5) is 0 Å². The van der Waals surface area contributed by atoms with Gasteiger partial charge in [-0.1, -0.05) is 37.3 Å². The standard InChI is InChI=1S/C18H24N4O2/c1-4-12-22-17(23)11-10-15(20-22)18(24)19-13-16(21(2)3)14-8-6-5-7-9-14/h5-11,16H,4,12-13H2,1-3H3,(H,19,24). The minimum atomic E-state index is -0.275. The second kappa shape index (κ2) is 8.40. The largest absolute Gasteiger partial charge is 0.349 e. The van der Waals surface area contributed by atoms with Gasteiger partial charge in [-0.25, -0.2) is 4.68 Å². The lowest BCUT2D eigenvalue weighted by Gasteiger charge is -2.25. The van der Waals surface area contributed by atoms with Crippen LogP contribution in [0.3, 0.4) is 0 Å². The van der Waals surface area contributed by atoms with E-state index >= 15 is 0 Å². The summed E-state index contributed by atoms with van der Waals surface area (Å²) in [5, 5.41) is 7.05. The number of aromatic nitrogens is 2. The molecule has 1 amide bonds. The van der Waals surface area contributed by atoms with Gasteiger partial charge in [0.1, 0.15) is 5.69 Å². The number of carbonyl (C=O) groups is 1. The van der Waals surface area contributed by atoms with Crippen LogP contribution in [-0.2, 0) is 6.54 Å². The third-order valence-corrected chi connectivity index (χ3v) is 3.80. The molecule has 1 heterocycles. The number of amides is 1. The van der Waals surface area contributed by atoms with Gasteiger partial charge in [-0.05, 0) is 32.1 Å². The second-order valence-corrected chi connectivity index (χ2v) is 5.88. The third-order valence-electron chi connectivity index (χ3n) is 3.80. The van der Waals surface area contributed by atoms with Crippen LogP contribution in [0.15, 0.2) is 47.3 Å². The molecule has 0 aliphatic heterocycles. The van der Waals surface area contributed by atoms with E-state index in [0.29, 0.717) is 13.1 Å². The molecule has 24 heavy (non-hydrogen) atoms. The van der Waals surface area contributed by atoms with Crippen molar-refractivity contribution in [1.29, 1.82) is 0 Å². The van der Waals surface area contributed by atoms with Crippen molar-refractivity contribution in [2.75, 3.05) is 20.6 Å². The van der Waals surface area contributed by atoms with Crippen molar-refractivity contribution in [3.63, 3.8) is 0 Å². The first-order chi connectivity index (χ1) is 11.5. The maximum absolute atomic E-state index is 12.4. The topological polar surface area (TPSA) is 67.2 Å². The highest BCUT2D eigenvalue weighted by atomic mass is 16.2. The number of benzene rings is 1. The van der Waals surface area contributed by atoms with Gasteiger partial charge in [-0.2, -0.15) is 5.10 Å². The van der Waals surface area contributed by atoms with Gasteiger partial charge in [0.2, 0.25) is 0 Å². The highest BCUT2D eigenvalue weighted by Gasteiger charge is 2.16. The highest BCUT2D eigenvalue weighted by molar-refractivity contribution is 5.92. The molecule has 2 rings (SSSR count). The Morgan fingerprint density at radius 2 is 1.92 bits per heavy atom. The SMILES string of the molecule is CCCn1nc(C(=O)NCC(c2ccccc2)N(C)C)ccc1=O. The van der Waals surface area contributed by atoms with Crippen LogP contribution in [0, 0.1) is 0 Å². The molecule has 1 N–H and O–H groups in total. The van der Waals surface area contributed by atoms with Crippen LogP contribution in [0.25, 0.3) is 0 Å². The molecule has 1 aromatic heterocycles. The van der Waals surface area contributed by atoms with Gasteiger partial charge in [0.05, 0.1) is 6.04 Å². The molecule has 0 fully saturated rings. The van der Waals surface area contributed by atoms with Crippen molar-refractivity contribution in [2.45, 2.75) is 25.9 Å². The summed E-state index contributed by atoms with van der Waals surface area (Å²) in [6, 6.07) is 12.9. The summed E-state index contributed by atoms with van der Waals surface area (Å²) in [7, 11) is 3.95. The molecule has 6 nitrogen and oxygen atoms in total. The van der Waals surface area contributed by atoms with Gasteiger partial charge in [0, 0.05) is 19.2 Å². The van der Waals surface area contributed by atoms with Crippen LogP contribution in [0.5, 0.6) is 0 Å². The minimum absolute atomic E-state index is 0.0664. The van der Waals surface area contributed by atoms with Gasteiger partial charge < -0.3 is 10.2 Å². The van der Waals surface area contributed by atoms with E-state index in [1.54, 1.807) is 0 Å². The molecule has 0 aliphatic rings. The van der Waals surface area contributed by atoms with Crippen molar-refractivity contribution in [3.05, 3.63) is 64.1 Å². The summed E-state index contributed by atoms with van der Waals surface area (Å²) in [5.41, 5.74) is 1.20. The second-order valence-electron chi connectivity index (χ2n) is 5.88. The molecular formula is C18H24N4O2. The summed E-state index contributed by atoms with van der Waals surface area (Å²) in [6.45, 7) is 2.93. The molecule has 1 aromatic carbocycles. The molecule has 0 aliphatic carbocycles. The summed E-state index contributed by atoms with van der Waals surface area (Å²) < 4.78 is 1.33. The number of nitrogens with zero attached hydrogens (tertiary/aromatic N) is 3. The molecule has 1 unspecified atom stereocenters. The zero-order chi connectivity index (χ0) is 17.5. The van der Waals surface area contributed by atoms with Crippen molar-refractivity contribution >= 4 is 5.91 Å². The lowest BCUT2D eigenvalue weighted by Crippen LogP contribution is -2.36. The first-order valence-electron chi connectivity index (χ1n) is 8.10. The van der Waals surface area contributed by atoms with E-state index in [9.17, 15) is 9.59 Å². The minimum Gasteiger partial charge on any atom is -0.349 e. The Kier molecular flexibility index (Phi) is 6.26. The number of likely N-dealkylation sites (N-methyl/N-ethyl adjacent to an activating group) is 1. The quantitative estimate of drug-likeness (QED) is 0.840. The van der Waals surface area contributed by atoms with E-state index in [-0.39, 0.29) is 23.2 Å². The fraction of sp³-hybridized carbons (Fsp3) is 0.389. The van der Waals surface area contributed by atoms with Gasteiger partial charge in [-0.15, -0.1) is 0 Å². The average Bonchev–Trinajstić information content (AvgIpc) is 2.57. The number of hydrogen-bond donors (Lipinski definition) is 1. The Bertz CT molecular complexity index is 725. The van der Waals surface area contributed by atoms with Crippen molar-refractivity contribution in [2.24, 2.45) is 0 Å². The van der Waals surface area contributed by atoms with E-state index in [2.05, 4.69) is 15.3 Å². The fourth-order valence-corrected chi connectivity index (χ4v) is 2.50. The van der Waals surface area contributed by atoms with Crippen LogP contribution in [0.2, 0.25) is 0 Å². The van der Waals surface area contributed by atoms with Crippen LogP contribution in [-0.4, -0.2) is 41.2 Å². The lowest BCUT2D eigenvalue weighted by atomic mass is 10.1. The first-order valence-corrected chi connectivity index (χ1v) is 8.10. The molecule has 1 atom stereocenters. The van der Waals surface area contributed by atoms with Crippen molar-refractivity contribution < 1.29 is 4.79 Å². The fourth-order valence-electron chi connectivity index (χ4n) is 2.50. The lowest BCUT2D eigenvalue weighted by molar-refractivity contribution is 0.0934. The summed E-state index contributed by atoms with van der Waals surface area (Å²) in [5.74, 6) is -0.275. The molecule has 128 valence electrons. The highest BCUT2D eigenvalue weighted by Crippen LogP contribution is 2.16. The number of carbonyl (C=O) groups excluding carboxylic acids is 1.